The second-order valence-electron chi connectivity index (χ2n) is 6.18. The molecule has 0 saturated carbocycles. The van der Waals surface area contributed by atoms with Gasteiger partial charge in [-0.1, -0.05) is 11.6 Å². The van der Waals surface area contributed by atoms with E-state index in [0.717, 1.165) is 11.1 Å². The van der Waals surface area contributed by atoms with E-state index in [4.69, 9.17) is 11.6 Å². The van der Waals surface area contributed by atoms with Gasteiger partial charge < -0.3 is 5.32 Å². The average molecular weight is 309 g/mol. The van der Waals surface area contributed by atoms with Crippen LogP contribution in [0, 0.1) is 0 Å². The SMILES string of the molecule is Clc1ccc2c(c1)C(NC1CCN3CCCC13)CCS2. The first-order valence-corrected chi connectivity index (χ1v) is 9.10. The first-order chi connectivity index (χ1) is 9.81. The molecule has 3 aliphatic heterocycles. The molecule has 0 aromatic heterocycles. The molecule has 1 aromatic carbocycles. The molecule has 0 spiro atoms. The number of hydrogen-bond acceptors (Lipinski definition) is 3. The van der Waals surface area contributed by atoms with E-state index in [1.165, 1.54) is 55.0 Å². The van der Waals surface area contributed by atoms with Crippen LogP contribution in [0.4, 0.5) is 0 Å². The van der Waals surface area contributed by atoms with Gasteiger partial charge in [-0.2, -0.15) is 0 Å². The minimum atomic E-state index is 0.496. The molecule has 2 nitrogen and oxygen atoms in total. The van der Waals surface area contributed by atoms with Gasteiger partial charge in [-0.05, 0) is 61.7 Å². The summed E-state index contributed by atoms with van der Waals surface area (Å²) in [7, 11) is 0. The molecule has 1 N–H and O–H groups in total. The third kappa shape index (κ3) is 2.39. The number of nitrogens with zero attached hydrogens (tertiary/aromatic N) is 1. The fourth-order valence-corrected chi connectivity index (χ4v) is 5.36. The minimum Gasteiger partial charge on any atom is -0.305 e. The molecule has 108 valence electrons. The summed E-state index contributed by atoms with van der Waals surface area (Å²) in [5.41, 5.74) is 1.42. The van der Waals surface area contributed by atoms with Crippen molar-refractivity contribution in [2.45, 2.75) is 48.7 Å². The maximum Gasteiger partial charge on any atom is 0.0410 e. The van der Waals surface area contributed by atoms with E-state index in [1.807, 2.05) is 17.8 Å². The lowest BCUT2D eigenvalue weighted by Crippen LogP contribution is -2.41. The minimum absolute atomic E-state index is 0.496. The molecular weight excluding hydrogens is 288 g/mol. The van der Waals surface area contributed by atoms with Crippen molar-refractivity contribution in [2.75, 3.05) is 18.8 Å². The summed E-state index contributed by atoms with van der Waals surface area (Å²) in [5, 5.41) is 4.83. The number of nitrogens with one attached hydrogen (secondary N) is 1. The molecule has 0 radical (unpaired) electrons. The molecule has 0 bridgehead atoms. The van der Waals surface area contributed by atoms with Gasteiger partial charge in [0.2, 0.25) is 0 Å². The maximum absolute atomic E-state index is 6.20. The second kappa shape index (κ2) is 5.53. The predicted octanol–water partition coefficient (Wildman–Crippen LogP) is 3.70. The number of benzene rings is 1. The molecule has 0 amide bonds. The van der Waals surface area contributed by atoms with Crippen molar-refractivity contribution in [1.82, 2.24) is 10.2 Å². The third-order valence-corrected chi connectivity index (χ3v) is 6.39. The molecule has 20 heavy (non-hydrogen) atoms. The summed E-state index contributed by atoms with van der Waals surface area (Å²) >= 11 is 8.17. The van der Waals surface area contributed by atoms with Crippen molar-refractivity contribution in [2.24, 2.45) is 0 Å². The van der Waals surface area contributed by atoms with Gasteiger partial charge in [0, 0.05) is 34.6 Å². The monoisotopic (exact) mass is 308 g/mol. The van der Waals surface area contributed by atoms with Crippen LogP contribution in [0.3, 0.4) is 0 Å². The number of hydrogen-bond donors (Lipinski definition) is 1. The maximum atomic E-state index is 6.20. The molecule has 3 aliphatic rings. The Hall–Kier alpha value is -0.220. The Morgan fingerprint density at radius 1 is 1.20 bits per heavy atom. The van der Waals surface area contributed by atoms with Crippen LogP contribution in [0.25, 0.3) is 0 Å². The molecule has 2 saturated heterocycles. The average Bonchev–Trinajstić information content (AvgIpc) is 3.04. The summed E-state index contributed by atoms with van der Waals surface area (Å²) in [6.07, 6.45) is 5.29. The molecule has 3 atom stereocenters. The van der Waals surface area contributed by atoms with Crippen LogP contribution in [0.2, 0.25) is 5.02 Å². The summed E-state index contributed by atoms with van der Waals surface area (Å²) in [6, 6.07) is 8.33. The lowest BCUT2D eigenvalue weighted by molar-refractivity contribution is 0.286. The van der Waals surface area contributed by atoms with E-state index >= 15 is 0 Å². The molecular formula is C16H21ClN2S. The number of rotatable bonds is 2. The quantitative estimate of drug-likeness (QED) is 0.897. The molecule has 3 unspecified atom stereocenters. The van der Waals surface area contributed by atoms with Crippen LogP contribution in [0.15, 0.2) is 23.1 Å². The second-order valence-corrected chi connectivity index (χ2v) is 7.75. The summed E-state index contributed by atoms with van der Waals surface area (Å²) in [4.78, 5) is 4.09. The highest BCUT2D eigenvalue weighted by Crippen LogP contribution is 2.39. The molecule has 1 aromatic rings. The number of fused-ring (bicyclic) bond motifs is 2. The molecule has 3 heterocycles. The van der Waals surface area contributed by atoms with Crippen LogP contribution < -0.4 is 5.32 Å². The largest absolute Gasteiger partial charge is 0.305 e. The van der Waals surface area contributed by atoms with Gasteiger partial charge in [0.1, 0.15) is 0 Å². The normalized spacial score (nSPS) is 33.1. The summed E-state index contributed by atoms with van der Waals surface area (Å²) < 4.78 is 0. The lowest BCUT2D eigenvalue weighted by Gasteiger charge is -2.31. The zero-order valence-corrected chi connectivity index (χ0v) is 13.2. The fraction of sp³-hybridized carbons (Fsp3) is 0.625. The Morgan fingerprint density at radius 2 is 2.15 bits per heavy atom. The lowest BCUT2D eigenvalue weighted by atomic mass is 9.99. The molecule has 4 rings (SSSR count). The van der Waals surface area contributed by atoms with Crippen LogP contribution >= 0.6 is 23.4 Å². The van der Waals surface area contributed by atoms with E-state index < -0.39 is 0 Å². The smallest absolute Gasteiger partial charge is 0.0410 e. The Bertz CT molecular complexity index is 507. The van der Waals surface area contributed by atoms with Crippen molar-refractivity contribution >= 4 is 23.4 Å². The standard InChI is InChI=1S/C16H21ClN2S/c17-11-3-4-16-12(10-11)13(6-9-20-16)18-14-5-8-19-7-1-2-15(14)19/h3-4,10,13-15,18H,1-2,5-9H2. The Kier molecular flexibility index (Phi) is 3.71. The zero-order valence-electron chi connectivity index (χ0n) is 11.6. The molecule has 0 aliphatic carbocycles. The van der Waals surface area contributed by atoms with Crippen molar-refractivity contribution in [1.29, 1.82) is 0 Å². The number of halogens is 1. The Balaban J connectivity index is 1.54. The van der Waals surface area contributed by atoms with Crippen molar-refractivity contribution < 1.29 is 0 Å². The van der Waals surface area contributed by atoms with Crippen LogP contribution in [0.1, 0.15) is 37.3 Å². The van der Waals surface area contributed by atoms with Crippen molar-refractivity contribution in [3.05, 3.63) is 28.8 Å². The van der Waals surface area contributed by atoms with Gasteiger partial charge in [-0.15, -0.1) is 11.8 Å². The highest BCUT2D eigenvalue weighted by atomic mass is 35.5. The molecule has 2 fully saturated rings. The highest BCUT2D eigenvalue weighted by Gasteiger charge is 2.38. The number of thioether (sulfide) groups is 1. The van der Waals surface area contributed by atoms with E-state index in [2.05, 4.69) is 22.3 Å². The first-order valence-electron chi connectivity index (χ1n) is 7.73. The first kappa shape index (κ1) is 13.4. The van der Waals surface area contributed by atoms with Gasteiger partial charge in [0.25, 0.3) is 0 Å². The Morgan fingerprint density at radius 3 is 3.10 bits per heavy atom. The molecule has 4 heteroatoms. The van der Waals surface area contributed by atoms with Gasteiger partial charge in [0.15, 0.2) is 0 Å². The van der Waals surface area contributed by atoms with Gasteiger partial charge in [0.05, 0.1) is 0 Å². The summed E-state index contributed by atoms with van der Waals surface area (Å²) in [5.74, 6) is 1.22. The van der Waals surface area contributed by atoms with E-state index in [1.54, 1.807) is 0 Å². The van der Waals surface area contributed by atoms with Gasteiger partial charge in [-0.25, -0.2) is 0 Å². The van der Waals surface area contributed by atoms with Crippen LogP contribution in [0.5, 0.6) is 0 Å². The van der Waals surface area contributed by atoms with Crippen molar-refractivity contribution in [3.8, 4) is 0 Å². The van der Waals surface area contributed by atoms with Crippen LogP contribution in [-0.4, -0.2) is 35.8 Å². The van der Waals surface area contributed by atoms with Crippen molar-refractivity contribution in [3.63, 3.8) is 0 Å². The third-order valence-electron chi connectivity index (χ3n) is 5.03. The summed E-state index contributed by atoms with van der Waals surface area (Å²) in [6.45, 7) is 2.60. The fourth-order valence-electron chi connectivity index (χ4n) is 4.07. The van der Waals surface area contributed by atoms with Gasteiger partial charge in [-0.3, -0.25) is 4.90 Å². The van der Waals surface area contributed by atoms with E-state index in [-0.39, 0.29) is 0 Å². The topological polar surface area (TPSA) is 15.3 Å². The van der Waals surface area contributed by atoms with E-state index in [9.17, 15) is 0 Å². The highest BCUT2D eigenvalue weighted by molar-refractivity contribution is 7.99. The predicted molar refractivity (Wildman–Crippen MR) is 85.7 cm³/mol. The Labute approximate surface area is 130 Å². The van der Waals surface area contributed by atoms with Crippen LogP contribution in [-0.2, 0) is 0 Å². The zero-order chi connectivity index (χ0) is 13.5. The van der Waals surface area contributed by atoms with E-state index in [0.29, 0.717) is 12.1 Å². The van der Waals surface area contributed by atoms with Gasteiger partial charge >= 0.3 is 0 Å².